The van der Waals surface area contributed by atoms with E-state index in [0.717, 1.165) is 10.8 Å². The SMILES string of the molecule is CC(CCC(=O)O)NC(=O)COc1ccc(Cl)c2ccccc12. The minimum absolute atomic E-state index is 0.0180. The molecule has 1 atom stereocenters. The minimum Gasteiger partial charge on any atom is -0.483 e. The first kappa shape index (κ1) is 17.1. The smallest absolute Gasteiger partial charge is 0.303 e. The Bertz CT molecular complexity index is 717. The van der Waals surface area contributed by atoms with E-state index in [-0.39, 0.29) is 25.0 Å². The second-order valence-electron chi connectivity index (χ2n) is 5.28. The lowest BCUT2D eigenvalue weighted by Crippen LogP contribution is -2.36. The summed E-state index contributed by atoms with van der Waals surface area (Å²) in [4.78, 5) is 22.4. The van der Waals surface area contributed by atoms with Gasteiger partial charge in [0.15, 0.2) is 6.61 Å². The molecule has 1 unspecified atom stereocenters. The Hall–Kier alpha value is -2.27. The van der Waals surface area contributed by atoms with Crippen molar-refractivity contribution in [2.45, 2.75) is 25.8 Å². The van der Waals surface area contributed by atoms with Crippen LogP contribution in [0, 0.1) is 0 Å². The monoisotopic (exact) mass is 335 g/mol. The van der Waals surface area contributed by atoms with Crippen LogP contribution in [0.25, 0.3) is 10.8 Å². The van der Waals surface area contributed by atoms with Crippen molar-refractivity contribution >= 4 is 34.2 Å². The molecule has 2 N–H and O–H groups in total. The first-order valence-corrected chi connectivity index (χ1v) is 7.66. The first-order chi connectivity index (χ1) is 11.0. The zero-order valence-corrected chi connectivity index (χ0v) is 13.5. The number of rotatable bonds is 7. The standard InChI is InChI=1S/C17H18ClNO4/c1-11(6-9-17(21)22)19-16(20)10-23-15-8-7-14(18)12-4-2-3-5-13(12)15/h2-5,7-8,11H,6,9-10H2,1H3,(H,19,20)(H,21,22). The van der Waals surface area contributed by atoms with Gasteiger partial charge in [-0.1, -0.05) is 35.9 Å². The van der Waals surface area contributed by atoms with Crippen molar-refractivity contribution in [3.05, 3.63) is 41.4 Å². The molecule has 1 amide bonds. The fraction of sp³-hybridized carbons (Fsp3) is 0.294. The highest BCUT2D eigenvalue weighted by atomic mass is 35.5. The Morgan fingerprint density at radius 2 is 1.91 bits per heavy atom. The van der Waals surface area contributed by atoms with E-state index < -0.39 is 5.97 Å². The summed E-state index contributed by atoms with van der Waals surface area (Å²) in [5.74, 6) is -0.588. The fourth-order valence-corrected chi connectivity index (χ4v) is 2.46. The van der Waals surface area contributed by atoms with Crippen LogP contribution in [0.1, 0.15) is 19.8 Å². The van der Waals surface area contributed by atoms with E-state index in [9.17, 15) is 9.59 Å². The van der Waals surface area contributed by atoms with Crippen LogP contribution in [0.3, 0.4) is 0 Å². The predicted octanol–water partition coefficient (Wildman–Crippen LogP) is 3.24. The fourth-order valence-electron chi connectivity index (χ4n) is 2.23. The molecule has 2 aromatic carbocycles. The Morgan fingerprint density at radius 1 is 1.22 bits per heavy atom. The molecule has 0 aliphatic rings. The second kappa shape index (κ2) is 7.83. The number of hydrogen-bond acceptors (Lipinski definition) is 3. The number of benzene rings is 2. The summed E-state index contributed by atoms with van der Waals surface area (Å²) in [6.07, 6.45) is 0.398. The van der Waals surface area contributed by atoms with Crippen molar-refractivity contribution in [2.24, 2.45) is 0 Å². The van der Waals surface area contributed by atoms with Crippen LogP contribution in [0.2, 0.25) is 5.02 Å². The second-order valence-corrected chi connectivity index (χ2v) is 5.69. The summed E-state index contributed by atoms with van der Waals surface area (Å²) in [5.41, 5.74) is 0. The molecule has 0 aliphatic carbocycles. The summed E-state index contributed by atoms with van der Waals surface area (Å²) in [5, 5.41) is 13.7. The number of carbonyl (C=O) groups is 2. The Balaban J connectivity index is 1.95. The summed E-state index contributed by atoms with van der Waals surface area (Å²) in [6, 6.07) is 10.8. The van der Waals surface area contributed by atoms with E-state index in [2.05, 4.69) is 5.32 Å². The number of aliphatic carboxylic acids is 1. The number of carboxylic acid groups (broad SMARTS) is 1. The van der Waals surface area contributed by atoms with Gasteiger partial charge in [-0.25, -0.2) is 0 Å². The van der Waals surface area contributed by atoms with Gasteiger partial charge in [-0.2, -0.15) is 0 Å². The van der Waals surface area contributed by atoms with Gasteiger partial charge < -0.3 is 15.2 Å². The highest BCUT2D eigenvalue weighted by molar-refractivity contribution is 6.35. The predicted molar refractivity (Wildman–Crippen MR) is 88.9 cm³/mol. The van der Waals surface area contributed by atoms with Crippen LogP contribution in [0.5, 0.6) is 5.75 Å². The number of hydrogen-bond donors (Lipinski definition) is 2. The zero-order valence-electron chi connectivity index (χ0n) is 12.7. The van der Waals surface area contributed by atoms with Crippen molar-refractivity contribution in [3.63, 3.8) is 0 Å². The molecular weight excluding hydrogens is 318 g/mol. The maximum atomic E-state index is 11.9. The minimum atomic E-state index is -0.880. The molecule has 0 aliphatic heterocycles. The van der Waals surface area contributed by atoms with Crippen LogP contribution in [-0.2, 0) is 9.59 Å². The van der Waals surface area contributed by atoms with Crippen molar-refractivity contribution in [2.75, 3.05) is 6.61 Å². The number of ether oxygens (including phenoxy) is 1. The number of halogens is 1. The molecule has 2 rings (SSSR count). The quantitative estimate of drug-likeness (QED) is 0.814. The van der Waals surface area contributed by atoms with Gasteiger partial charge in [-0.05, 0) is 25.5 Å². The van der Waals surface area contributed by atoms with Crippen molar-refractivity contribution < 1.29 is 19.4 Å². The van der Waals surface area contributed by atoms with Crippen LogP contribution in [0.4, 0.5) is 0 Å². The Labute approximate surface area is 139 Å². The molecule has 0 aromatic heterocycles. The van der Waals surface area contributed by atoms with Crippen LogP contribution in [-0.4, -0.2) is 29.6 Å². The van der Waals surface area contributed by atoms with Gasteiger partial charge >= 0.3 is 5.97 Å². The maximum Gasteiger partial charge on any atom is 0.303 e. The normalized spacial score (nSPS) is 11.9. The van der Waals surface area contributed by atoms with Gasteiger partial charge in [0.05, 0.1) is 0 Å². The van der Waals surface area contributed by atoms with E-state index in [1.165, 1.54) is 0 Å². The summed E-state index contributed by atoms with van der Waals surface area (Å²) < 4.78 is 5.58. The largest absolute Gasteiger partial charge is 0.483 e. The average Bonchev–Trinajstić information content (AvgIpc) is 2.52. The van der Waals surface area contributed by atoms with Gasteiger partial charge in [0, 0.05) is 28.3 Å². The lowest BCUT2D eigenvalue weighted by molar-refractivity contribution is -0.137. The molecule has 6 heteroatoms. The van der Waals surface area contributed by atoms with Crippen molar-refractivity contribution in [3.8, 4) is 5.75 Å². The summed E-state index contributed by atoms with van der Waals surface area (Å²) in [6.45, 7) is 1.63. The topological polar surface area (TPSA) is 75.6 Å². The van der Waals surface area contributed by atoms with Crippen molar-refractivity contribution in [1.82, 2.24) is 5.32 Å². The summed E-state index contributed by atoms with van der Waals surface area (Å²) in [7, 11) is 0. The van der Waals surface area contributed by atoms with E-state index in [1.807, 2.05) is 24.3 Å². The third-order valence-electron chi connectivity index (χ3n) is 3.39. The highest BCUT2D eigenvalue weighted by Crippen LogP contribution is 2.31. The lowest BCUT2D eigenvalue weighted by atomic mass is 10.1. The molecule has 0 saturated carbocycles. The molecule has 0 bridgehead atoms. The van der Waals surface area contributed by atoms with Gasteiger partial charge in [0.1, 0.15) is 5.75 Å². The maximum absolute atomic E-state index is 11.9. The van der Waals surface area contributed by atoms with Crippen LogP contribution < -0.4 is 10.1 Å². The highest BCUT2D eigenvalue weighted by Gasteiger charge is 2.11. The molecule has 5 nitrogen and oxygen atoms in total. The first-order valence-electron chi connectivity index (χ1n) is 7.28. The van der Waals surface area contributed by atoms with Gasteiger partial charge in [0.2, 0.25) is 0 Å². The third-order valence-corrected chi connectivity index (χ3v) is 3.72. The number of fused-ring (bicyclic) bond motifs is 1. The number of amides is 1. The van der Waals surface area contributed by atoms with Gasteiger partial charge in [-0.15, -0.1) is 0 Å². The Morgan fingerprint density at radius 3 is 2.61 bits per heavy atom. The summed E-state index contributed by atoms with van der Waals surface area (Å²) >= 11 is 6.14. The molecule has 0 saturated heterocycles. The lowest BCUT2D eigenvalue weighted by Gasteiger charge is -2.14. The number of nitrogens with one attached hydrogen (secondary N) is 1. The van der Waals surface area contributed by atoms with Gasteiger partial charge in [0.25, 0.3) is 5.91 Å². The van der Waals surface area contributed by atoms with Crippen LogP contribution >= 0.6 is 11.6 Å². The number of carboxylic acids is 1. The average molecular weight is 336 g/mol. The van der Waals surface area contributed by atoms with Gasteiger partial charge in [-0.3, -0.25) is 9.59 Å². The molecule has 0 heterocycles. The Kier molecular flexibility index (Phi) is 5.82. The van der Waals surface area contributed by atoms with Crippen molar-refractivity contribution in [1.29, 1.82) is 0 Å². The molecular formula is C17H18ClNO4. The van der Waals surface area contributed by atoms with Crippen LogP contribution in [0.15, 0.2) is 36.4 Å². The van der Waals surface area contributed by atoms with E-state index >= 15 is 0 Å². The molecule has 122 valence electrons. The molecule has 0 radical (unpaired) electrons. The van der Waals surface area contributed by atoms with E-state index in [0.29, 0.717) is 17.2 Å². The number of carbonyl (C=O) groups excluding carboxylic acids is 1. The molecule has 0 spiro atoms. The molecule has 0 fully saturated rings. The van der Waals surface area contributed by atoms with E-state index in [1.54, 1.807) is 19.1 Å². The zero-order chi connectivity index (χ0) is 16.8. The third kappa shape index (κ3) is 4.86. The van der Waals surface area contributed by atoms with E-state index in [4.69, 9.17) is 21.4 Å². The molecule has 2 aromatic rings. The molecule has 23 heavy (non-hydrogen) atoms.